The molecule has 3 rings (SSSR count). The van der Waals surface area contributed by atoms with E-state index < -0.39 is 0 Å². The molecule has 2 heterocycles. The molecule has 0 radical (unpaired) electrons. The minimum atomic E-state index is -0.142. The van der Waals surface area contributed by atoms with E-state index >= 15 is 0 Å². The van der Waals surface area contributed by atoms with Crippen molar-refractivity contribution in [3.8, 4) is 5.75 Å². The van der Waals surface area contributed by atoms with E-state index in [0.29, 0.717) is 31.8 Å². The number of carbonyl (C=O) groups is 2. The summed E-state index contributed by atoms with van der Waals surface area (Å²) in [5.41, 5.74) is 0.559. The van der Waals surface area contributed by atoms with Gasteiger partial charge in [0.25, 0.3) is 5.91 Å². The number of ether oxygens (including phenoxy) is 2. The fourth-order valence-electron chi connectivity index (χ4n) is 3.95. The Hall–Kier alpha value is -2.80. The topological polar surface area (TPSA) is 72.2 Å². The lowest BCUT2D eigenvalue weighted by atomic mass is 10.1. The van der Waals surface area contributed by atoms with Crippen LogP contribution in [0.4, 0.5) is 0 Å². The smallest absolute Gasteiger partial charge is 0.254 e. The van der Waals surface area contributed by atoms with Gasteiger partial charge in [-0.1, -0.05) is 26.7 Å². The van der Waals surface area contributed by atoms with Crippen LogP contribution in [0.5, 0.6) is 5.75 Å². The summed E-state index contributed by atoms with van der Waals surface area (Å²) in [5.74, 6) is 1.23. The predicted molar refractivity (Wildman–Crippen MR) is 131 cm³/mol. The summed E-state index contributed by atoms with van der Waals surface area (Å²) in [6.07, 6.45) is 7.42. The molecule has 7 heteroatoms. The van der Waals surface area contributed by atoms with Crippen LogP contribution in [0.1, 0.15) is 68.5 Å². The highest BCUT2D eigenvalue weighted by Crippen LogP contribution is 2.18. The van der Waals surface area contributed by atoms with Gasteiger partial charge in [-0.05, 0) is 62.1 Å². The average Bonchev–Trinajstić information content (AvgIpc) is 3.56. The van der Waals surface area contributed by atoms with Crippen molar-refractivity contribution in [1.29, 1.82) is 0 Å². The highest BCUT2D eigenvalue weighted by Gasteiger charge is 2.26. The third kappa shape index (κ3) is 7.90. The summed E-state index contributed by atoms with van der Waals surface area (Å²) in [6.45, 7) is 7.01. The van der Waals surface area contributed by atoms with Crippen LogP contribution in [0.15, 0.2) is 47.1 Å². The lowest BCUT2D eigenvalue weighted by Crippen LogP contribution is -2.45. The van der Waals surface area contributed by atoms with Gasteiger partial charge in [0.15, 0.2) is 0 Å². The third-order valence-corrected chi connectivity index (χ3v) is 5.99. The number of carbonyl (C=O) groups excluding carboxylic acids is 2. The van der Waals surface area contributed by atoms with Gasteiger partial charge in [0, 0.05) is 25.3 Å². The summed E-state index contributed by atoms with van der Waals surface area (Å²) in [6, 6.07) is 10.9. The van der Waals surface area contributed by atoms with E-state index in [4.69, 9.17) is 13.9 Å². The largest absolute Gasteiger partial charge is 0.494 e. The van der Waals surface area contributed by atoms with Gasteiger partial charge in [0.1, 0.15) is 18.1 Å². The molecule has 1 aliphatic heterocycles. The van der Waals surface area contributed by atoms with E-state index in [2.05, 4.69) is 13.8 Å². The highest BCUT2D eigenvalue weighted by atomic mass is 16.5. The lowest BCUT2D eigenvalue weighted by molar-refractivity contribution is -0.134. The molecule has 1 unspecified atom stereocenters. The molecule has 1 aromatic carbocycles. The maximum Gasteiger partial charge on any atom is 0.254 e. The predicted octanol–water partition coefficient (Wildman–Crippen LogP) is 4.91. The first-order valence-electron chi connectivity index (χ1n) is 12.5. The van der Waals surface area contributed by atoms with Gasteiger partial charge in [-0.25, -0.2) is 0 Å². The molecular weight excluding hydrogens is 432 g/mol. The molecule has 1 saturated heterocycles. The summed E-state index contributed by atoms with van der Waals surface area (Å²) < 4.78 is 17.0. The zero-order valence-electron chi connectivity index (χ0n) is 20.5. The van der Waals surface area contributed by atoms with Crippen molar-refractivity contribution in [2.24, 2.45) is 0 Å². The Labute approximate surface area is 203 Å². The molecule has 7 nitrogen and oxygen atoms in total. The Morgan fingerprint density at radius 2 is 1.85 bits per heavy atom. The average molecular weight is 471 g/mol. The minimum absolute atomic E-state index is 0.0268. The lowest BCUT2D eigenvalue weighted by Gasteiger charge is -2.29. The van der Waals surface area contributed by atoms with E-state index in [0.717, 1.165) is 56.6 Å². The number of unbranched alkanes of at least 4 members (excludes halogenated alkanes) is 2. The van der Waals surface area contributed by atoms with Gasteiger partial charge >= 0.3 is 0 Å². The van der Waals surface area contributed by atoms with Gasteiger partial charge < -0.3 is 23.7 Å². The fourth-order valence-corrected chi connectivity index (χ4v) is 3.95. The maximum absolute atomic E-state index is 13.4. The molecule has 0 N–H and O–H groups in total. The van der Waals surface area contributed by atoms with Gasteiger partial charge in [-0.3, -0.25) is 9.59 Å². The Morgan fingerprint density at radius 3 is 2.50 bits per heavy atom. The number of benzene rings is 1. The number of amides is 2. The van der Waals surface area contributed by atoms with E-state index in [1.54, 1.807) is 28.2 Å². The van der Waals surface area contributed by atoms with E-state index in [-0.39, 0.29) is 24.5 Å². The van der Waals surface area contributed by atoms with Crippen LogP contribution in [0.2, 0.25) is 0 Å². The zero-order chi connectivity index (χ0) is 24.2. The number of furan rings is 1. The van der Waals surface area contributed by atoms with Crippen molar-refractivity contribution in [2.45, 2.75) is 65.0 Å². The van der Waals surface area contributed by atoms with Crippen molar-refractivity contribution in [1.82, 2.24) is 9.80 Å². The SMILES string of the molecule is CCCCOc1ccc(C(=O)N(CCCC)CC(=O)N(Cc2ccco2)CC2CCCO2)cc1. The van der Waals surface area contributed by atoms with E-state index in [1.165, 1.54) is 0 Å². The van der Waals surface area contributed by atoms with Gasteiger partial charge in [-0.2, -0.15) is 0 Å². The molecule has 1 aromatic heterocycles. The van der Waals surface area contributed by atoms with Crippen LogP contribution in [0.25, 0.3) is 0 Å². The first-order valence-corrected chi connectivity index (χ1v) is 12.5. The Balaban J connectivity index is 1.68. The maximum atomic E-state index is 13.4. The summed E-state index contributed by atoms with van der Waals surface area (Å²) in [7, 11) is 0. The van der Waals surface area contributed by atoms with Crippen LogP contribution in [-0.4, -0.2) is 60.6 Å². The molecule has 1 atom stereocenters. The summed E-state index contributed by atoms with van der Waals surface area (Å²) >= 11 is 0. The second-order valence-electron chi connectivity index (χ2n) is 8.80. The second kappa shape index (κ2) is 13.8. The van der Waals surface area contributed by atoms with Crippen LogP contribution < -0.4 is 4.74 Å². The van der Waals surface area contributed by atoms with Crippen LogP contribution >= 0.6 is 0 Å². The monoisotopic (exact) mass is 470 g/mol. The molecular formula is C27H38N2O5. The standard InChI is InChI=1S/C27H38N2O5/c1-3-5-15-28(27(31)22-11-13-23(14-12-22)32-16-6-4-2)21-26(30)29(19-24-9-7-17-33-24)20-25-10-8-18-34-25/h7,9,11-14,17,25H,3-6,8,10,15-16,18-21H2,1-2H3. The van der Waals surface area contributed by atoms with Crippen LogP contribution in [0, 0.1) is 0 Å². The molecule has 0 bridgehead atoms. The Kier molecular flexibility index (Phi) is 10.5. The third-order valence-electron chi connectivity index (χ3n) is 5.99. The molecule has 1 aliphatic rings. The van der Waals surface area contributed by atoms with Crippen molar-refractivity contribution in [3.63, 3.8) is 0 Å². The normalized spacial score (nSPS) is 15.3. The van der Waals surface area contributed by atoms with Crippen molar-refractivity contribution < 1.29 is 23.5 Å². The second-order valence-corrected chi connectivity index (χ2v) is 8.80. The highest BCUT2D eigenvalue weighted by molar-refractivity contribution is 5.96. The number of nitrogens with zero attached hydrogens (tertiary/aromatic N) is 2. The number of hydrogen-bond donors (Lipinski definition) is 0. The molecule has 0 saturated carbocycles. The van der Waals surface area contributed by atoms with Crippen molar-refractivity contribution in [2.75, 3.05) is 32.8 Å². The number of hydrogen-bond acceptors (Lipinski definition) is 5. The van der Waals surface area contributed by atoms with Crippen LogP contribution in [-0.2, 0) is 16.1 Å². The summed E-state index contributed by atoms with van der Waals surface area (Å²) in [4.78, 5) is 30.1. The minimum Gasteiger partial charge on any atom is -0.494 e. The first-order chi connectivity index (χ1) is 16.6. The van der Waals surface area contributed by atoms with E-state index in [9.17, 15) is 9.59 Å². The van der Waals surface area contributed by atoms with Gasteiger partial charge in [0.05, 0.1) is 25.5 Å². The van der Waals surface area contributed by atoms with Crippen molar-refractivity contribution >= 4 is 11.8 Å². The Morgan fingerprint density at radius 1 is 1.06 bits per heavy atom. The first kappa shape index (κ1) is 25.8. The van der Waals surface area contributed by atoms with Gasteiger partial charge in [-0.15, -0.1) is 0 Å². The van der Waals surface area contributed by atoms with Crippen LogP contribution in [0.3, 0.4) is 0 Å². The fraction of sp³-hybridized carbons (Fsp3) is 0.556. The molecule has 2 amide bonds. The molecule has 186 valence electrons. The zero-order valence-corrected chi connectivity index (χ0v) is 20.5. The molecule has 34 heavy (non-hydrogen) atoms. The van der Waals surface area contributed by atoms with E-state index in [1.807, 2.05) is 24.3 Å². The van der Waals surface area contributed by atoms with Crippen molar-refractivity contribution in [3.05, 3.63) is 54.0 Å². The number of rotatable bonds is 14. The molecule has 1 fully saturated rings. The Bertz CT molecular complexity index is 860. The molecule has 0 spiro atoms. The quantitative estimate of drug-likeness (QED) is 0.367. The van der Waals surface area contributed by atoms with Gasteiger partial charge in [0.2, 0.25) is 5.91 Å². The summed E-state index contributed by atoms with van der Waals surface area (Å²) in [5, 5.41) is 0. The molecule has 0 aliphatic carbocycles. The molecule has 2 aromatic rings.